The smallest absolute Gasteiger partial charge is 0.348 e. The molecule has 0 fully saturated rings. The molecule has 92 valence electrons. The van der Waals surface area contributed by atoms with Crippen LogP contribution < -0.4 is 5.32 Å². The SMILES string of the molecule is CCOC(=O)c1ccc(C2=C(C#N)CNC=C2)s1. The fourth-order valence-electron chi connectivity index (χ4n) is 1.62. The summed E-state index contributed by atoms with van der Waals surface area (Å²) in [5.41, 5.74) is 1.55. The van der Waals surface area contributed by atoms with Crippen LogP contribution in [0.5, 0.6) is 0 Å². The standard InChI is InChI=1S/C13H12N2O2S/c1-2-17-13(16)12-4-3-11(18-12)10-5-6-15-8-9(10)7-14/h3-6,15H,2,8H2,1H3. The fraction of sp³-hybridized carbons (Fsp3) is 0.231. The van der Waals surface area contributed by atoms with Crippen molar-refractivity contribution in [2.24, 2.45) is 0 Å². The van der Waals surface area contributed by atoms with Gasteiger partial charge < -0.3 is 10.1 Å². The molecule has 0 saturated heterocycles. The van der Waals surface area contributed by atoms with E-state index >= 15 is 0 Å². The van der Waals surface area contributed by atoms with Gasteiger partial charge in [-0.15, -0.1) is 11.3 Å². The average molecular weight is 260 g/mol. The highest BCUT2D eigenvalue weighted by Crippen LogP contribution is 2.29. The molecule has 0 spiro atoms. The number of nitriles is 1. The van der Waals surface area contributed by atoms with Crippen molar-refractivity contribution in [2.45, 2.75) is 6.92 Å². The van der Waals surface area contributed by atoms with Crippen LogP contribution in [0.2, 0.25) is 0 Å². The van der Waals surface area contributed by atoms with E-state index in [1.807, 2.05) is 12.1 Å². The van der Waals surface area contributed by atoms with E-state index in [1.165, 1.54) is 11.3 Å². The number of esters is 1. The molecular weight excluding hydrogens is 248 g/mol. The van der Waals surface area contributed by atoms with Gasteiger partial charge in [-0.25, -0.2) is 4.79 Å². The lowest BCUT2D eigenvalue weighted by Crippen LogP contribution is -2.13. The van der Waals surface area contributed by atoms with Crippen LogP contribution in [-0.2, 0) is 4.74 Å². The van der Waals surface area contributed by atoms with Gasteiger partial charge in [0.05, 0.1) is 24.8 Å². The summed E-state index contributed by atoms with van der Waals surface area (Å²) in [5, 5.41) is 12.0. The van der Waals surface area contributed by atoms with E-state index in [9.17, 15) is 4.79 Å². The zero-order chi connectivity index (χ0) is 13.0. The Morgan fingerprint density at radius 3 is 3.17 bits per heavy atom. The molecule has 0 atom stereocenters. The first kappa shape index (κ1) is 12.4. The minimum atomic E-state index is -0.314. The molecule has 2 heterocycles. The van der Waals surface area contributed by atoms with Gasteiger partial charge in [-0.2, -0.15) is 5.26 Å². The van der Waals surface area contributed by atoms with Crippen molar-refractivity contribution in [1.29, 1.82) is 5.26 Å². The number of dihydropyridines is 1. The Morgan fingerprint density at radius 2 is 2.44 bits per heavy atom. The number of allylic oxidation sites excluding steroid dienone is 2. The lowest BCUT2D eigenvalue weighted by atomic mass is 10.1. The van der Waals surface area contributed by atoms with Crippen molar-refractivity contribution in [1.82, 2.24) is 5.32 Å². The summed E-state index contributed by atoms with van der Waals surface area (Å²) in [6, 6.07) is 5.75. The molecule has 2 rings (SSSR count). The van der Waals surface area contributed by atoms with Crippen LogP contribution in [0.25, 0.3) is 5.57 Å². The molecule has 0 bridgehead atoms. The summed E-state index contributed by atoms with van der Waals surface area (Å²) in [5.74, 6) is -0.314. The van der Waals surface area contributed by atoms with Crippen LogP contribution in [0.15, 0.2) is 30.0 Å². The topological polar surface area (TPSA) is 62.1 Å². The second-order valence-corrected chi connectivity index (χ2v) is 4.69. The van der Waals surface area contributed by atoms with E-state index < -0.39 is 0 Å². The third-order valence-electron chi connectivity index (χ3n) is 2.45. The molecule has 0 aromatic carbocycles. The summed E-state index contributed by atoms with van der Waals surface area (Å²) in [6.07, 6.45) is 3.66. The number of hydrogen-bond acceptors (Lipinski definition) is 5. The van der Waals surface area contributed by atoms with Crippen molar-refractivity contribution in [3.05, 3.63) is 39.7 Å². The molecule has 1 aromatic rings. The summed E-state index contributed by atoms with van der Waals surface area (Å²) in [7, 11) is 0. The molecular formula is C13H12N2O2S. The summed E-state index contributed by atoms with van der Waals surface area (Å²) in [4.78, 5) is 13.0. The highest BCUT2D eigenvalue weighted by atomic mass is 32.1. The highest BCUT2D eigenvalue weighted by molar-refractivity contribution is 7.15. The molecule has 0 radical (unpaired) electrons. The van der Waals surface area contributed by atoms with E-state index in [0.29, 0.717) is 23.6 Å². The third-order valence-corrected chi connectivity index (χ3v) is 3.55. The molecule has 1 aliphatic rings. The lowest BCUT2D eigenvalue weighted by Gasteiger charge is -2.10. The van der Waals surface area contributed by atoms with Gasteiger partial charge in [0.25, 0.3) is 0 Å². The Balaban J connectivity index is 2.30. The van der Waals surface area contributed by atoms with Crippen molar-refractivity contribution in [3.8, 4) is 6.07 Å². The maximum atomic E-state index is 11.6. The molecule has 4 nitrogen and oxygen atoms in total. The van der Waals surface area contributed by atoms with Crippen molar-refractivity contribution in [3.63, 3.8) is 0 Å². The van der Waals surface area contributed by atoms with E-state index in [4.69, 9.17) is 10.00 Å². The number of thiophene rings is 1. The van der Waals surface area contributed by atoms with Gasteiger partial charge in [-0.3, -0.25) is 0 Å². The first-order valence-electron chi connectivity index (χ1n) is 5.56. The zero-order valence-corrected chi connectivity index (χ0v) is 10.7. The van der Waals surface area contributed by atoms with Crippen LogP contribution in [0.4, 0.5) is 0 Å². The zero-order valence-electron chi connectivity index (χ0n) is 9.90. The second-order valence-electron chi connectivity index (χ2n) is 3.60. The number of ether oxygens (including phenoxy) is 1. The molecule has 5 heteroatoms. The van der Waals surface area contributed by atoms with Gasteiger partial charge in [0.1, 0.15) is 4.88 Å². The molecule has 18 heavy (non-hydrogen) atoms. The van der Waals surface area contributed by atoms with Crippen LogP contribution >= 0.6 is 11.3 Å². The van der Waals surface area contributed by atoms with Crippen molar-refractivity contribution >= 4 is 22.9 Å². The fourth-order valence-corrected chi connectivity index (χ4v) is 2.58. The predicted molar refractivity (Wildman–Crippen MR) is 70.0 cm³/mol. The highest BCUT2D eigenvalue weighted by Gasteiger charge is 2.15. The van der Waals surface area contributed by atoms with E-state index in [2.05, 4.69) is 11.4 Å². The molecule has 0 saturated carbocycles. The maximum absolute atomic E-state index is 11.6. The summed E-state index contributed by atoms with van der Waals surface area (Å²) < 4.78 is 4.94. The van der Waals surface area contributed by atoms with E-state index in [-0.39, 0.29) is 5.97 Å². The normalized spacial score (nSPS) is 14.0. The van der Waals surface area contributed by atoms with Crippen LogP contribution in [0.3, 0.4) is 0 Å². The second kappa shape index (κ2) is 5.52. The van der Waals surface area contributed by atoms with Gasteiger partial charge in [0.15, 0.2) is 0 Å². The van der Waals surface area contributed by atoms with E-state index in [1.54, 1.807) is 19.2 Å². The van der Waals surface area contributed by atoms with Gasteiger partial charge in [0, 0.05) is 10.5 Å². The Morgan fingerprint density at radius 1 is 1.61 bits per heavy atom. The summed E-state index contributed by atoms with van der Waals surface area (Å²) in [6.45, 7) is 2.66. The average Bonchev–Trinajstić information content (AvgIpc) is 2.88. The molecule has 1 aromatic heterocycles. The predicted octanol–water partition coefficient (Wildman–Crippen LogP) is 2.32. The molecule has 0 unspecified atom stereocenters. The number of hydrogen-bond donors (Lipinski definition) is 1. The molecule has 1 N–H and O–H groups in total. The quantitative estimate of drug-likeness (QED) is 0.847. The monoisotopic (exact) mass is 260 g/mol. The summed E-state index contributed by atoms with van der Waals surface area (Å²) >= 11 is 1.34. The third kappa shape index (κ3) is 2.44. The maximum Gasteiger partial charge on any atom is 0.348 e. The van der Waals surface area contributed by atoms with Gasteiger partial charge in [-0.1, -0.05) is 0 Å². The minimum absolute atomic E-state index is 0.314. The first-order chi connectivity index (χ1) is 8.76. The molecule has 1 aliphatic heterocycles. The van der Waals surface area contributed by atoms with E-state index in [0.717, 1.165) is 10.5 Å². The lowest BCUT2D eigenvalue weighted by molar-refractivity contribution is 0.0532. The largest absolute Gasteiger partial charge is 0.462 e. The molecule has 0 amide bonds. The first-order valence-corrected chi connectivity index (χ1v) is 6.38. The van der Waals surface area contributed by atoms with Crippen molar-refractivity contribution < 1.29 is 9.53 Å². The van der Waals surface area contributed by atoms with Gasteiger partial charge in [0.2, 0.25) is 0 Å². The van der Waals surface area contributed by atoms with Gasteiger partial charge >= 0.3 is 5.97 Å². The number of carbonyl (C=O) groups excluding carboxylic acids is 1. The number of nitrogens with zero attached hydrogens (tertiary/aromatic N) is 1. The Bertz CT molecular complexity index is 564. The number of rotatable bonds is 3. The van der Waals surface area contributed by atoms with Crippen LogP contribution in [-0.4, -0.2) is 19.1 Å². The number of carbonyl (C=O) groups is 1. The Hall–Kier alpha value is -2.06. The molecule has 0 aliphatic carbocycles. The Labute approximate surface area is 109 Å². The number of nitrogens with one attached hydrogen (secondary N) is 1. The minimum Gasteiger partial charge on any atom is -0.462 e. The Kier molecular flexibility index (Phi) is 3.80. The van der Waals surface area contributed by atoms with Crippen molar-refractivity contribution in [2.75, 3.05) is 13.2 Å². The van der Waals surface area contributed by atoms with Crippen LogP contribution in [0.1, 0.15) is 21.5 Å². The van der Waals surface area contributed by atoms with Gasteiger partial charge in [-0.05, 0) is 31.3 Å². The van der Waals surface area contributed by atoms with Crippen LogP contribution in [0, 0.1) is 11.3 Å².